The predicted octanol–water partition coefficient (Wildman–Crippen LogP) is 5.14. The summed E-state index contributed by atoms with van der Waals surface area (Å²) >= 11 is 0. The van der Waals surface area contributed by atoms with Gasteiger partial charge in [0.25, 0.3) is 0 Å². The fourth-order valence-electron chi connectivity index (χ4n) is 1.91. The molecule has 0 fully saturated rings. The Bertz CT molecular complexity index is 502. The van der Waals surface area contributed by atoms with E-state index in [0.717, 1.165) is 5.69 Å². The third kappa shape index (κ3) is 4.14. The number of hydrogen-bond acceptors (Lipinski definition) is 1. The summed E-state index contributed by atoms with van der Waals surface area (Å²) in [7, 11) is 0. The minimum atomic E-state index is 0.151. The molecule has 0 aliphatic rings. The van der Waals surface area contributed by atoms with Crippen LogP contribution in [0.3, 0.4) is 0 Å². The minimum Gasteiger partial charge on any atom is -0.375 e. The molecule has 2 rings (SSSR count). The molecule has 1 nitrogen and oxygen atoms in total. The Balaban J connectivity index is 0.000000861. The zero-order valence-corrected chi connectivity index (χ0v) is 11.5. The monoisotopic (exact) mass is 251 g/mol. The molecule has 0 radical (unpaired) electrons. The molecule has 0 bridgehead atoms. The second-order valence-corrected chi connectivity index (χ2v) is 4.08. The third-order valence-corrected chi connectivity index (χ3v) is 2.86. The van der Waals surface area contributed by atoms with Crippen molar-refractivity contribution in [3.05, 3.63) is 91.5 Å². The number of nitrogens with one attached hydrogen (secondary N) is 1. The van der Waals surface area contributed by atoms with Gasteiger partial charge in [-0.05, 0) is 30.2 Å². The summed E-state index contributed by atoms with van der Waals surface area (Å²) in [5.74, 6) is 0. The van der Waals surface area contributed by atoms with Gasteiger partial charge in [0, 0.05) is 5.69 Å². The highest BCUT2D eigenvalue weighted by Crippen LogP contribution is 2.22. The van der Waals surface area contributed by atoms with E-state index in [1.165, 1.54) is 11.1 Å². The van der Waals surface area contributed by atoms with Crippen molar-refractivity contribution in [3.63, 3.8) is 0 Å². The van der Waals surface area contributed by atoms with Crippen LogP contribution in [0.4, 0.5) is 5.69 Å². The van der Waals surface area contributed by atoms with Gasteiger partial charge in [-0.3, -0.25) is 0 Å². The van der Waals surface area contributed by atoms with Gasteiger partial charge in [-0.2, -0.15) is 0 Å². The van der Waals surface area contributed by atoms with Crippen molar-refractivity contribution in [1.29, 1.82) is 0 Å². The van der Waals surface area contributed by atoms with Crippen molar-refractivity contribution in [2.75, 3.05) is 5.32 Å². The maximum atomic E-state index is 3.91. The molecule has 1 atom stereocenters. The van der Waals surface area contributed by atoms with E-state index in [0.29, 0.717) is 0 Å². The van der Waals surface area contributed by atoms with Gasteiger partial charge in [-0.15, -0.1) is 19.7 Å². The van der Waals surface area contributed by atoms with Crippen molar-refractivity contribution in [2.45, 2.75) is 13.0 Å². The smallest absolute Gasteiger partial charge is 0.0697 e. The van der Waals surface area contributed by atoms with Crippen molar-refractivity contribution in [3.8, 4) is 0 Å². The maximum Gasteiger partial charge on any atom is 0.0697 e. The van der Waals surface area contributed by atoms with E-state index in [9.17, 15) is 0 Å². The molecule has 1 N–H and O–H groups in total. The number of para-hydroxylation sites is 1. The summed E-state index contributed by atoms with van der Waals surface area (Å²) in [6.45, 7) is 12.0. The largest absolute Gasteiger partial charge is 0.375 e. The number of anilines is 1. The zero-order valence-electron chi connectivity index (χ0n) is 11.5. The molecule has 1 unspecified atom stereocenters. The SMILES string of the molecule is C=C.C=CC(Nc1ccccc1)c1ccccc1C. The first-order valence-corrected chi connectivity index (χ1v) is 6.31. The van der Waals surface area contributed by atoms with Crippen LogP contribution in [-0.4, -0.2) is 0 Å². The Kier molecular flexibility index (Phi) is 6.17. The highest BCUT2D eigenvalue weighted by Gasteiger charge is 2.08. The van der Waals surface area contributed by atoms with Crippen LogP contribution in [0.25, 0.3) is 0 Å². The molecular weight excluding hydrogens is 230 g/mol. The Morgan fingerprint density at radius 2 is 1.53 bits per heavy atom. The van der Waals surface area contributed by atoms with Crippen LogP contribution in [0.2, 0.25) is 0 Å². The van der Waals surface area contributed by atoms with Gasteiger partial charge in [-0.1, -0.05) is 48.5 Å². The van der Waals surface area contributed by atoms with Gasteiger partial charge in [0.2, 0.25) is 0 Å². The normalized spacial score (nSPS) is 10.8. The van der Waals surface area contributed by atoms with Crippen LogP contribution < -0.4 is 5.32 Å². The highest BCUT2D eigenvalue weighted by molar-refractivity contribution is 5.47. The van der Waals surface area contributed by atoms with Crippen LogP contribution >= 0.6 is 0 Å². The molecule has 0 heterocycles. The average molecular weight is 251 g/mol. The molecule has 0 saturated carbocycles. The van der Waals surface area contributed by atoms with Crippen LogP contribution in [0, 0.1) is 6.92 Å². The number of hydrogen-bond donors (Lipinski definition) is 1. The van der Waals surface area contributed by atoms with Gasteiger partial charge >= 0.3 is 0 Å². The summed E-state index contributed by atoms with van der Waals surface area (Å²) in [5, 5.41) is 3.47. The Morgan fingerprint density at radius 1 is 0.947 bits per heavy atom. The summed E-state index contributed by atoms with van der Waals surface area (Å²) in [6, 6.07) is 18.7. The minimum absolute atomic E-state index is 0.151. The first-order valence-electron chi connectivity index (χ1n) is 6.31. The van der Waals surface area contributed by atoms with Gasteiger partial charge in [0.15, 0.2) is 0 Å². The quantitative estimate of drug-likeness (QED) is 0.742. The molecule has 0 aromatic heterocycles. The molecule has 0 spiro atoms. The van der Waals surface area contributed by atoms with Crippen molar-refractivity contribution >= 4 is 5.69 Å². The Morgan fingerprint density at radius 3 is 2.11 bits per heavy atom. The summed E-state index contributed by atoms with van der Waals surface area (Å²) in [6.07, 6.45) is 1.94. The van der Waals surface area contributed by atoms with E-state index in [2.05, 4.69) is 68.4 Å². The van der Waals surface area contributed by atoms with Crippen molar-refractivity contribution in [2.24, 2.45) is 0 Å². The summed E-state index contributed by atoms with van der Waals surface area (Å²) in [5.41, 5.74) is 3.66. The van der Waals surface area contributed by atoms with E-state index in [4.69, 9.17) is 0 Å². The first-order chi connectivity index (χ1) is 9.31. The molecule has 0 aliphatic carbocycles. The van der Waals surface area contributed by atoms with Gasteiger partial charge in [0.05, 0.1) is 6.04 Å². The van der Waals surface area contributed by atoms with Gasteiger partial charge in [-0.25, -0.2) is 0 Å². The average Bonchev–Trinajstić information content (AvgIpc) is 2.49. The lowest BCUT2D eigenvalue weighted by Crippen LogP contribution is -2.09. The molecule has 1 heteroatoms. The maximum absolute atomic E-state index is 3.91. The van der Waals surface area contributed by atoms with Gasteiger partial charge < -0.3 is 5.32 Å². The van der Waals surface area contributed by atoms with Crippen LogP contribution in [-0.2, 0) is 0 Å². The fraction of sp³-hybridized carbons (Fsp3) is 0.111. The topological polar surface area (TPSA) is 12.0 Å². The van der Waals surface area contributed by atoms with Gasteiger partial charge in [0.1, 0.15) is 0 Å². The van der Waals surface area contributed by atoms with Crippen molar-refractivity contribution < 1.29 is 0 Å². The van der Waals surface area contributed by atoms with E-state index in [1.54, 1.807) is 0 Å². The Labute approximate surface area is 116 Å². The van der Waals surface area contributed by atoms with E-state index >= 15 is 0 Å². The Hall–Kier alpha value is -2.28. The molecule has 0 aliphatic heterocycles. The summed E-state index contributed by atoms with van der Waals surface area (Å²) < 4.78 is 0. The lowest BCUT2D eigenvalue weighted by molar-refractivity contribution is 0.972. The number of rotatable bonds is 4. The lowest BCUT2D eigenvalue weighted by Gasteiger charge is -2.18. The first kappa shape index (κ1) is 14.8. The van der Waals surface area contributed by atoms with Crippen LogP contribution in [0.1, 0.15) is 17.2 Å². The predicted molar refractivity (Wildman–Crippen MR) is 85.4 cm³/mol. The standard InChI is InChI=1S/C16H17N.C2H4/c1-3-16(15-12-8-7-9-13(15)2)17-14-10-5-4-6-11-14;1-2/h3-12,16-17H,1H2,2H3;1-2H2. The second-order valence-electron chi connectivity index (χ2n) is 4.08. The van der Waals surface area contributed by atoms with E-state index in [-0.39, 0.29) is 6.04 Å². The number of benzene rings is 2. The molecule has 19 heavy (non-hydrogen) atoms. The zero-order chi connectivity index (χ0) is 14.1. The molecule has 0 saturated heterocycles. The molecular formula is C18H21N. The van der Waals surface area contributed by atoms with Crippen LogP contribution in [0.15, 0.2) is 80.4 Å². The lowest BCUT2D eigenvalue weighted by atomic mass is 10.0. The molecule has 0 amide bonds. The van der Waals surface area contributed by atoms with Crippen LogP contribution in [0.5, 0.6) is 0 Å². The second kappa shape index (κ2) is 7.93. The van der Waals surface area contributed by atoms with Crippen molar-refractivity contribution in [1.82, 2.24) is 0 Å². The van der Waals surface area contributed by atoms with E-state index < -0.39 is 0 Å². The molecule has 2 aromatic rings. The fourth-order valence-corrected chi connectivity index (χ4v) is 1.91. The highest BCUT2D eigenvalue weighted by atomic mass is 14.9. The third-order valence-electron chi connectivity index (χ3n) is 2.86. The molecule has 98 valence electrons. The number of aryl methyl sites for hydroxylation is 1. The molecule has 2 aromatic carbocycles. The summed E-state index contributed by atoms with van der Waals surface area (Å²) in [4.78, 5) is 0. The van der Waals surface area contributed by atoms with E-state index in [1.807, 2.05) is 24.3 Å².